The second-order valence-electron chi connectivity index (χ2n) is 6.86. The number of hydrogen-bond donors (Lipinski definition) is 2. The van der Waals surface area contributed by atoms with E-state index in [9.17, 15) is 4.79 Å². The van der Waals surface area contributed by atoms with Gasteiger partial charge in [0.25, 0.3) is 5.91 Å². The third-order valence-electron chi connectivity index (χ3n) is 5.04. The van der Waals surface area contributed by atoms with Gasteiger partial charge in [-0.2, -0.15) is 0 Å². The highest BCUT2D eigenvalue weighted by molar-refractivity contribution is 5.92. The first-order valence-electron chi connectivity index (χ1n) is 8.90. The predicted molar refractivity (Wildman–Crippen MR) is 98.5 cm³/mol. The number of carbonyl (C=O) groups is 1. The van der Waals surface area contributed by atoms with Gasteiger partial charge < -0.3 is 19.9 Å². The second-order valence-corrected chi connectivity index (χ2v) is 6.86. The zero-order valence-corrected chi connectivity index (χ0v) is 15.0. The molecule has 1 aliphatic rings. The fraction of sp³-hybridized carbons (Fsp3) is 0.450. The average molecular weight is 341 g/mol. The van der Waals surface area contributed by atoms with Crippen LogP contribution in [0.3, 0.4) is 0 Å². The summed E-state index contributed by atoms with van der Waals surface area (Å²) in [5, 5.41) is 6.88. The SMILES string of the molecule is CC(NC1(CNC(=O)c2cccn2C)CCOCC1)c1ccccc1. The Bertz CT molecular complexity index is 690. The zero-order chi connectivity index (χ0) is 17.7. The van der Waals surface area contributed by atoms with Crippen LogP contribution in [-0.4, -0.2) is 35.8 Å². The summed E-state index contributed by atoms with van der Waals surface area (Å²) in [5.74, 6) is -0.0347. The van der Waals surface area contributed by atoms with Crippen molar-refractivity contribution in [2.45, 2.75) is 31.3 Å². The van der Waals surface area contributed by atoms with Crippen molar-refractivity contribution in [2.24, 2.45) is 7.05 Å². The number of carbonyl (C=O) groups excluding carboxylic acids is 1. The number of hydrogen-bond acceptors (Lipinski definition) is 3. The number of ether oxygens (including phenoxy) is 1. The van der Waals surface area contributed by atoms with Gasteiger partial charge in [-0.05, 0) is 37.5 Å². The highest BCUT2D eigenvalue weighted by Gasteiger charge is 2.34. The van der Waals surface area contributed by atoms with Gasteiger partial charge >= 0.3 is 0 Å². The third kappa shape index (κ3) is 4.30. The maximum Gasteiger partial charge on any atom is 0.267 e. The predicted octanol–water partition coefficient (Wildman–Crippen LogP) is 2.65. The molecule has 5 heteroatoms. The van der Waals surface area contributed by atoms with Gasteiger partial charge in [0.15, 0.2) is 0 Å². The van der Waals surface area contributed by atoms with Crippen LogP contribution in [0.5, 0.6) is 0 Å². The highest BCUT2D eigenvalue weighted by Crippen LogP contribution is 2.25. The molecule has 5 nitrogen and oxygen atoms in total. The topological polar surface area (TPSA) is 55.3 Å². The number of amides is 1. The van der Waals surface area contributed by atoms with Gasteiger partial charge in [0.2, 0.25) is 0 Å². The van der Waals surface area contributed by atoms with E-state index in [4.69, 9.17) is 4.74 Å². The molecule has 1 aliphatic heterocycles. The number of nitrogens with one attached hydrogen (secondary N) is 2. The van der Waals surface area contributed by atoms with E-state index in [0.29, 0.717) is 25.5 Å². The standard InChI is InChI=1S/C20H27N3O2/c1-16(17-7-4-3-5-8-17)22-20(10-13-25-14-11-20)15-21-19(24)18-9-6-12-23(18)2/h3-9,12,16,22H,10-11,13-15H2,1-2H3,(H,21,24). The van der Waals surface area contributed by atoms with Gasteiger partial charge in [0.1, 0.15) is 5.69 Å². The Morgan fingerprint density at radius 2 is 1.92 bits per heavy atom. The Kier molecular flexibility index (Phi) is 5.56. The van der Waals surface area contributed by atoms with Crippen molar-refractivity contribution in [1.82, 2.24) is 15.2 Å². The summed E-state index contributed by atoms with van der Waals surface area (Å²) in [5.41, 5.74) is 1.79. The van der Waals surface area contributed by atoms with Crippen LogP contribution in [0.15, 0.2) is 48.7 Å². The maximum absolute atomic E-state index is 12.5. The lowest BCUT2D eigenvalue weighted by Gasteiger charge is -2.40. The lowest BCUT2D eigenvalue weighted by atomic mass is 9.88. The van der Waals surface area contributed by atoms with E-state index < -0.39 is 0 Å². The molecular weight excluding hydrogens is 314 g/mol. The molecule has 2 heterocycles. The number of rotatable bonds is 6. The lowest BCUT2D eigenvalue weighted by Crippen LogP contribution is -2.57. The van der Waals surface area contributed by atoms with E-state index >= 15 is 0 Å². The van der Waals surface area contributed by atoms with Crippen molar-refractivity contribution in [3.63, 3.8) is 0 Å². The van der Waals surface area contributed by atoms with Crippen LogP contribution in [0.4, 0.5) is 0 Å². The van der Waals surface area contributed by atoms with Crippen LogP contribution in [0.1, 0.15) is 41.9 Å². The molecule has 2 aromatic rings. The third-order valence-corrected chi connectivity index (χ3v) is 5.04. The Morgan fingerprint density at radius 1 is 1.20 bits per heavy atom. The molecule has 1 unspecified atom stereocenters. The number of aryl methyl sites for hydroxylation is 1. The second kappa shape index (κ2) is 7.85. The summed E-state index contributed by atoms with van der Waals surface area (Å²) in [7, 11) is 1.88. The molecule has 25 heavy (non-hydrogen) atoms. The van der Waals surface area contributed by atoms with Crippen LogP contribution in [0, 0.1) is 0 Å². The minimum absolute atomic E-state index is 0.0347. The molecule has 1 fully saturated rings. The molecule has 0 bridgehead atoms. The van der Waals surface area contributed by atoms with E-state index in [-0.39, 0.29) is 17.5 Å². The maximum atomic E-state index is 12.5. The highest BCUT2D eigenvalue weighted by atomic mass is 16.5. The molecule has 0 aliphatic carbocycles. The monoisotopic (exact) mass is 341 g/mol. The van der Waals surface area contributed by atoms with E-state index in [1.807, 2.05) is 36.0 Å². The summed E-state index contributed by atoms with van der Waals surface area (Å²) < 4.78 is 7.39. The minimum Gasteiger partial charge on any atom is -0.381 e. The Morgan fingerprint density at radius 3 is 2.56 bits per heavy atom. The largest absolute Gasteiger partial charge is 0.381 e. The molecule has 0 spiro atoms. The van der Waals surface area contributed by atoms with Crippen molar-refractivity contribution in [3.8, 4) is 0 Å². The first kappa shape index (κ1) is 17.7. The fourth-order valence-corrected chi connectivity index (χ4v) is 3.46. The quantitative estimate of drug-likeness (QED) is 0.849. The molecule has 1 aromatic heterocycles. The number of benzene rings is 1. The smallest absolute Gasteiger partial charge is 0.267 e. The van der Waals surface area contributed by atoms with Crippen molar-refractivity contribution in [3.05, 3.63) is 59.9 Å². The summed E-state index contributed by atoms with van der Waals surface area (Å²) >= 11 is 0. The van der Waals surface area contributed by atoms with Gasteiger partial charge in [0, 0.05) is 44.6 Å². The van der Waals surface area contributed by atoms with Crippen LogP contribution in [-0.2, 0) is 11.8 Å². The number of nitrogens with zero attached hydrogens (tertiary/aromatic N) is 1. The number of aromatic nitrogens is 1. The van der Waals surface area contributed by atoms with E-state index in [2.05, 4.69) is 41.8 Å². The van der Waals surface area contributed by atoms with Gasteiger partial charge in [-0.1, -0.05) is 30.3 Å². The molecule has 134 valence electrons. The summed E-state index contributed by atoms with van der Waals surface area (Å²) in [6.07, 6.45) is 3.66. The van der Waals surface area contributed by atoms with Gasteiger partial charge in [-0.15, -0.1) is 0 Å². The van der Waals surface area contributed by atoms with E-state index in [1.54, 1.807) is 0 Å². The van der Waals surface area contributed by atoms with Gasteiger partial charge in [-0.3, -0.25) is 4.79 Å². The lowest BCUT2D eigenvalue weighted by molar-refractivity contribution is 0.0332. The van der Waals surface area contributed by atoms with Crippen LogP contribution in [0.25, 0.3) is 0 Å². The Balaban J connectivity index is 1.68. The molecule has 0 radical (unpaired) electrons. The molecule has 1 amide bonds. The van der Waals surface area contributed by atoms with Gasteiger partial charge in [-0.25, -0.2) is 0 Å². The Labute approximate surface area is 149 Å². The van der Waals surface area contributed by atoms with Crippen molar-refractivity contribution in [2.75, 3.05) is 19.8 Å². The molecule has 1 aromatic carbocycles. The summed E-state index contributed by atoms with van der Waals surface area (Å²) in [6, 6.07) is 14.3. The fourth-order valence-electron chi connectivity index (χ4n) is 3.46. The van der Waals surface area contributed by atoms with E-state index in [1.165, 1.54) is 5.56 Å². The molecule has 2 N–H and O–H groups in total. The first-order valence-corrected chi connectivity index (χ1v) is 8.90. The van der Waals surface area contributed by atoms with Crippen molar-refractivity contribution < 1.29 is 9.53 Å². The Hall–Kier alpha value is -2.11. The molecule has 1 atom stereocenters. The van der Waals surface area contributed by atoms with Crippen LogP contribution in [0.2, 0.25) is 0 Å². The normalized spacial score (nSPS) is 17.8. The van der Waals surface area contributed by atoms with E-state index in [0.717, 1.165) is 12.8 Å². The van der Waals surface area contributed by atoms with Crippen molar-refractivity contribution in [1.29, 1.82) is 0 Å². The minimum atomic E-state index is -0.145. The first-order chi connectivity index (χ1) is 12.1. The summed E-state index contributed by atoms with van der Waals surface area (Å²) in [6.45, 7) is 4.20. The average Bonchev–Trinajstić information content (AvgIpc) is 3.07. The molecule has 3 rings (SSSR count). The van der Waals surface area contributed by atoms with Gasteiger partial charge in [0.05, 0.1) is 0 Å². The summed E-state index contributed by atoms with van der Waals surface area (Å²) in [4.78, 5) is 12.5. The van der Waals surface area contributed by atoms with Crippen molar-refractivity contribution >= 4 is 5.91 Å². The molecule has 1 saturated heterocycles. The molecular formula is C20H27N3O2. The van der Waals surface area contributed by atoms with Crippen LogP contribution >= 0.6 is 0 Å². The molecule has 0 saturated carbocycles. The van der Waals surface area contributed by atoms with Crippen LogP contribution < -0.4 is 10.6 Å². The zero-order valence-electron chi connectivity index (χ0n) is 15.0.